The second kappa shape index (κ2) is 20.6. The maximum atomic E-state index is 12.2. The van der Waals surface area contributed by atoms with Gasteiger partial charge >= 0.3 is 31.1 Å². The molecule has 6 aromatic rings. The number of aryl methyl sites for hydroxylation is 2. The number of rotatable bonds is 5. The number of ether oxygens (including phenoxy) is 1. The molecule has 0 aliphatic rings. The molecule has 0 aliphatic carbocycles. The summed E-state index contributed by atoms with van der Waals surface area (Å²) in [6.07, 6.45) is 0. The molecule has 0 atom stereocenters. The number of nitrogens with one attached hydrogen (secondary N) is 2. The van der Waals surface area contributed by atoms with Gasteiger partial charge in [0.2, 0.25) is 0 Å². The Bertz CT molecular complexity index is 1780. The van der Waals surface area contributed by atoms with E-state index in [1.165, 1.54) is 22.7 Å². The van der Waals surface area contributed by atoms with E-state index < -0.39 is 0 Å². The van der Waals surface area contributed by atoms with Gasteiger partial charge in [-0.2, -0.15) is 35.6 Å². The monoisotopic (exact) mass is 878 g/mol. The molecule has 0 unspecified atom stereocenters. The molecule has 2 aromatic heterocycles. The molecule has 0 bridgehead atoms. The first-order valence-electron chi connectivity index (χ1n) is 14.4. The molecule has 2 heterocycles. The number of anilines is 2. The largest absolute Gasteiger partial charge is 2.00 e. The second-order valence-electron chi connectivity index (χ2n) is 8.82. The van der Waals surface area contributed by atoms with Crippen LogP contribution in [0.1, 0.15) is 59.5 Å². The van der Waals surface area contributed by atoms with Crippen LogP contribution in [-0.4, -0.2) is 28.9 Å². The predicted molar refractivity (Wildman–Crippen MR) is 192 cm³/mol. The molecule has 2 N–H and O–H groups in total. The van der Waals surface area contributed by atoms with Crippen molar-refractivity contribution in [3.63, 3.8) is 0 Å². The van der Waals surface area contributed by atoms with Crippen molar-refractivity contribution in [3.8, 4) is 5.75 Å². The standard InChI is InChI=1S/C16H14N2O2S.C15H11N2OS.2C2H6.CH3.U/c1-10-6-8-11(9-7-10)15(19)18-16-17-14-12(20-2)4-3-5-13(14)21-16;1-10-6-2-3-7-11(10)14(18)17-15-16-12-8-4-5-9-13(12)19-15;2*1-2;;/h3-9H,1-2H3,(H,17,18,19);2-7,9H,1H3,(H,16,17,18);2*1-2H3;1H3;/q;-1;;;-1;+2. The molecular formula is C36H40N4O3S2U. The number of hydrogen-bond acceptors (Lipinski definition) is 7. The number of hydrogen-bond donors (Lipinski definition) is 2. The Hall–Kier alpha value is -3.55. The van der Waals surface area contributed by atoms with E-state index in [-0.39, 0.29) is 50.4 Å². The topological polar surface area (TPSA) is 93.2 Å². The predicted octanol–water partition coefficient (Wildman–Crippen LogP) is 10.0. The van der Waals surface area contributed by atoms with Gasteiger partial charge in [0.25, 0.3) is 11.8 Å². The molecule has 0 radical (unpaired) electrons. The van der Waals surface area contributed by atoms with E-state index in [1.807, 2.05) is 114 Å². The average Bonchev–Trinajstić information content (AvgIpc) is 3.66. The molecule has 0 fully saturated rings. The summed E-state index contributed by atoms with van der Waals surface area (Å²) >= 11 is 2.88. The van der Waals surface area contributed by atoms with Crippen LogP contribution in [0.15, 0.2) is 84.9 Å². The summed E-state index contributed by atoms with van der Waals surface area (Å²) in [6.45, 7) is 11.9. The smallest absolute Gasteiger partial charge is 0.494 e. The molecule has 0 spiro atoms. The molecule has 0 saturated heterocycles. The third-order valence-corrected chi connectivity index (χ3v) is 7.84. The second-order valence-corrected chi connectivity index (χ2v) is 10.9. The molecule has 6 rings (SSSR count). The molecule has 0 aliphatic heterocycles. The zero-order valence-electron chi connectivity index (χ0n) is 27.5. The van der Waals surface area contributed by atoms with Crippen LogP contribution in [0.3, 0.4) is 0 Å². The number of amides is 2. The van der Waals surface area contributed by atoms with E-state index in [0.717, 1.165) is 31.6 Å². The van der Waals surface area contributed by atoms with E-state index in [9.17, 15) is 9.59 Å². The third kappa shape index (κ3) is 10.8. The molecule has 46 heavy (non-hydrogen) atoms. The zero-order valence-corrected chi connectivity index (χ0v) is 33.3. The number of carbonyl (C=O) groups is 2. The van der Waals surface area contributed by atoms with Crippen molar-refractivity contribution in [1.29, 1.82) is 0 Å². The Morgan fingerprint density at radius 1 is 0.739 bits per heavy atom. The summed E-state index contributed by atoms with van der Waals surface area (Å²) in [5, 5.41) is 6.84. The summed E-state index contributed by atoms with van der Waals surface area (Å²) in [5.41, 5.74) is 4.92. The molecule has 238 valence electrons. The maximum absolute atomic E-state index is 12.2. The van der Waals surface area contributed by atoms with Gasteiger partial charge in [-0.1, -0.05) is 85.7 Å². The zero-order chi connectivity index (χ0) is 32.1. The Morgan fingerprint density at radius 2 is 1.35 bits per heavy atom. The van der Waals surface area contributed by atoms with Crippen LogP contribution in [0.5, 0.6) is 5.75 Å². The minimum atomic E-state index is -0.159. The summed E-state index contributed by atoms with van der Waals surface area (Å²) in [6, 6.07) is 29.4. The van der Waals surface area contributed by atoms with Gasteiger partial charge in [-0.3, -0.25) is 20.2 Å². The molecule has 10 heteroatoms. The average molecular weight is 879 g/mol. The molecule has 7 nitrogen and oxygen atoms in total. The van der Waals surface area contributed by atoms with Crippen LogP contribution in [0, 0.1) is 58.5 Å². The normalized spacial score (nSPS) is 9.46. The van der Waals surface area contributed by atoms with Gasteiger partial charge in [0.1, 0.15) is 11.3 Å². The Labute approximate surface area is 304 Å². The summed E-state index contributed by atoms with van der Waals surface area (Å²) in [7, 11) is 1.61. The Morgan fingerprint density at radius 3 is 2.00 bits per heavy atom. The SMILES string of the molecule is CC.CC.COc1cccc2sc(NC(=O)c3ccc(C)cc3)nc12.Cc1ccccc1C(=O)Nc1nc2[c-]cccc2s1.[CH3-].[U+2]. The quantitative estimate of drug-likeness (QED) is 0.168. The van der Waals surface area contributed by atoms with E-state index in [1.54, 1.807) is 19.2 Å². The van der Waals surface area contributed by atoms with Gasteiger partial charge in [0.05, 0.1) is 11.8 Å². The fraction of sp³-hybridized carbons (Fsp3) is 0.194. The van der Waals surface area contributed by atoms with Gasteiger partial charge in [-0.25, -0.2) is 9.97 Å². The number of thiazole rings is 2. The van der Waals surface area contributed by atoms with E-state index in [2.05, 4.69) is 26.7 Å². The van der Waals surface area contributed by atoms with E-state index >= 15 is 0 Å². The van der Waals surface area contributed by atoms with Crippen LogP contribution < -0.4 is 15.4 Å². The molecular weight excluding hydrogens is 839 g/mol. The van der Waals surface area contributed by atoms with Crippen LogP contribution in [0.25, 0.3) is 20.4 Å². The molecule has 0 saturated carbocycles. The van der Waals surface area contributed by atoms with E-state index in [0.29, 0.717) is 27.1 Å². The summed E-state index contributed by atoms with van der Waals surface area (Å²) in [4.78, 5) is 33.1. The Balaban J connectivity index is 0.000000401. The fourth-order valence-electron chi connectivity index (χ4n) is 3.87. The maximum Gasteiger partial charge on any atom is 2.00 e. The van der Waals surface area contributed by atoms with Crippen molar-refractivity contribution < 1.29 is 45.4 Å². The van der Waals surface area contributed by atoms with Crippen LogP contribution in [-0.2, 0) is 0 Å². The number of fused-ring (bicyclic) bond motifs is 2. The van der Waals surface area contributed by atoms with Crippen LogP contribution in [0.4, 0.5) is 10.3 Å². The van der Waals surface area contributed by atoms with Crippen molar-refractivity contribution in [2.75, 3.05) is 17.7 Å². The van der Waals surface area contributed by atoms with Crippen molar-refractivity contribution >= 4 is 65.2 Å². The summed E-state index contributed by atoms with van der Waals surface area (Å²) in [5.74, 6) is 0.421. The first-order valence-corrected chi connectivity index (χ1v) is 16.0. The minimum absolute atomic E-state index is 0. The number of methoxy groups -OCH3 is 1. The first-order chi connectivity index (χ1) is 21.4. The molecule has 2 amide bonds. The number of nitrogens with zero attached hydrogens (tertiary/aromatic N) is 2. The van der Waals surface area contributed by atoms with Gasteiger partial charge in [0, 0.05) is 11.1 Å². The number of benzene rings is 4. The van der Waals surface area contributed by atoms with Crippen molar-refractivity contribution in [2.45, 2.75) is 41.5 Å². The van der Waals surface area contributed by atoms with E-state index in [4.69, 9.17) is 4.74 Å². The van der Waals surface area contributed by atoms with Crippen molar-refractivity contribution in [3.05, 3.63) is 121 Å². The van der Waals surface area contributed by atoms with Crippen LogP contribution >= 0.6 is 22.7 Å². The fourth-order valence-corrected chi connectivity index (χ4v) is 5.59. The van der Waals surface area contributed by atoms with Crippen LogP contribution in [0.2, 0.25) is 0 Å². The number of para-hydroxylation sites is 2. The minimum Gasteiger partial charge on any atom is -0.494 e. The van der Waals surface area contributed by atoms with Gasteiger partial charge in [0.15, 0.2) is 10.3 Å². The summed E-state index contributed by atoms with van der Waals surface area (Å²) < 4.78 is 7.27. The molecule has 4 aromatic carbocycles. The van der Waals surface area contributed by atoms with Gasteiger partial charge < -0.3 is 12.2 Å². The van der Waals surface area contributed by atoms with Crippen molar-refractivity contribution in [2.24, 2.45) is 0 Å². The van der Waals surface area contributed by atoms with Gasteiger partial charge in [-0.05, 0) is 55.3 Å². The third-order valence-electron chi connectivity index (χ3n) is 5.96. The number of carbonyl (C=O) groups excluding carboxylic acids is 2. The van der Waals surface area contributed by atoms with Crippen molar-refractivity contribution in [1.82, 2.24) is 9.97 Å². The number of aromatic nitrogens is 2. The first kappa shape index (κ1) is 40.5. The Kier molecular flexibility index (Phi) is 18.1. The van der Waals surface area contributed by atoms with Gasteiger partial charge in [-0.15, -0.1) is 0 Å².